The average Bonchev–Trinajstić information content (AvgIpc) is 3.54. The Bertz CT molecular complexity index is 1610. The summed E-state index contributed by atoms with van der Waals surface area (Å²) in [6.45, 7) is 2.94. The minimum Gasteiger partial charge on any atom is -0.480 e. The maximum Gasteiger partial charge on any atom is 0.332 e. The second-order valence-corrected chi connectivity index (χ2v) is 14.3. The van der Waals surface area contributed by atoms with Crippen molar-refractivity contribution in [1.82, 2.24) is 45.2 Å². The maximum absolute atomic E-state index is 13.0. The molecule has 2 aromatic rings. The molecule has 1 aromatic heterocycles. The smallest absolute Gasteiger partial charge is 0.332 e. The van der Waals surface area contributed by atoms with E-state index in [4.69, 9.17) is 0 Å². The highest BCUT2D eigenvalue weighted by Gasteiger charge is 2.21. The van der Waals surface area contributed by atoms with Crippen molar-refractivity contribution < 1.29 is 51.6 Å². The van der Waals surface area contributed by atoms with Crippen LogP contribution < -0.4 is 10.6 Å². The third kappa shape index (κ3) is 18.0. The summed E-state index contributed by atoms with van der Waals surface area (Å²) >= 11 is 0. The fourth-order valence-corrected chi connectivity index (χ4v) is 6.22. The van der Waals surface area contributed by atoms with E-state index in [1.807, 2.05) is 4.90 Å². The number of aryl methyl sites for hydroxylation is 2. The lowest BCUT2D eigenvalue weighted by molar-refractivity contribution is -0.140. The number of aromatic nitrogens is 3. The fourth-order valence-electron chi connectivity index (χ4n) is 5.76. The number of aliphatic carboxylic acids is 3. The van der Waals surface area contributed by atoms with Crippen LogP contribution in [-0.4, -0.2) is 180 Å². The molecule has 0 aliphatic carbocycles. The SMILES string of the molecule is O=C(O)CN1CCN(CC(=O)O)CCN(CC(=O)NCCCn2cc(CCCC(=O)NCCc3ccc(S(=O)(=O)F)cc3)nn2)CCN(CC(=O)O)CC1. The number of rotatable bonds is 20. The number of benzene rings is 1. The quantitative estimate of drug-likeness (QED) is 0.0766. The molecule has 0 unspecified atom stereocenters. The molecule has 1 aliphatic heterocycles. The van der Waals surface area contributed by atoms with E-state index in [0.29, 0.717) is 77.2 Å². The van der Waals surface area contributed by atoms with Gasteiger partial charge in [0.05, 0.1) is 36.8 Å². The molecule has 0 spiro atoms. The first-order valence-corrected chi connectivity index (χ1v) is 19.1. The first-order valence-electron chi connectivity index (χ1n) is 17.7. The molecule has 0 atom stereocenters. The predicted molar refractivity (Wildman–Crippen MR) is 191 cm³/mol. The zero-order valence-corrected chi connectivity index (χ0v) is 31.0. The van der Waals surface area contributed by atoms with Gasteiger partial charge >= 0.3 is 28.1 Å². The van der Waals surface area contributed by atoms with E-state index < -0.39 is 33.0 Å². The van der Waals surface area contributed by atoms with Crippen LogP contribution >= 0.6 is 0 Å². The molecule has 0 saturated carbocycles. The van der Waals surface area contributed by atoms with Gasteiger partial charge in [-0.1, -0.05) is 17.3 Å². The molecule has 1 aliphatic rings. The van der Waals surface area contributed by atoms with Crippen LogP contribution in [0.4, 0.5) is 3.89 Å². The van der Waals surface area contributed by atoms with E-state index in [9.17, 15) is 51.6 Å². The van der Waals surface area contributed by atoms with Crippen molar-refractivity contribution in [1.29, 1.82) is 0 Å². The molecule has 2 heterocycles. The second kappa shape index (κ2) is 22.6. The van der Waals surface area contributed by atoms with Crippen molar-refractivity contribution in [3.63, 3.8) is 0 Å². The zero-order chi connectivity index (χ0) is 39.5. The standard InChI is InChI=1S/C33H50FN9O10S/c34-54(52,53)28-7-5-26(6-8-28)9-11-36-29(44)4-1-3-27-21-43(38-37-27)12-2-10-35-30(45)22-39-13-15-40(23-31(46)47)17-19-42(25-33(50)51)20-18-41(16-14-39)24-32(48)49/h5-8,21H,1-4,9-20,22-25H2,(H,35,45)(H,36,44)(H,46,47)(H,48,49)(H,50,51). The van der Waals surface area contributed by atoms with E-state index in [1.165, 1.54) is 24.3 Å². The molecule has 0 radical (unpaired) electrons. The number of hydrogen-bond acceptors (Lipinski definition) is 13. The summed E-state index contributed by atoms with van der Waals surface area (Å²) in [6, 6.07) is 5.37. The number of carboxylic acid groups (broad SMARTS) is 3. The second-order valence-electron chi connectivity index (χ2n) is 13.0. The third-order valence-corrected chi connectivity index (χ3v) is 9.46. The molecular weight excluding hydrogens is 733 g/mol. The number of halogens is 1. The Hall–Kier alpha value is -4.57. The summed E-state index contributed by atoms with van der Waals surface area (Å²) in [5, 5.41) is 42.0. The lowest BCUT2D eigenvalue weighted by atomic mass is 10.1. The van der Waals surface area contributed by atoms with Crippen LogP contribution in [0.25, 0.3) is 0 Å². The van der Waals surface area contributed by atoms with Gasteiger partial charge in [-0.3, -0.25) is 48.3 Å². The zero-order valence-electron chi connectivity index (χ0n) is 30.1. The number of hydrogen-bond donors (Lipinski definition) is 5. The molecule has 19 nitrogen and oxygen atoms in total. The Morgan fingerprint density at radius 3 is 1.63 bits per heavy atom. The molecule has 54 heavy (non-hydrogen) atoms. The first kappa shape index (κ1) is 43.8. The Balaban J connectivity index is 1.38. The molecule has 21 heteroatoms. The Labute approximate surface area is 313 Å². The van der Waals surface area contributed by atoms with Crippen LogP contribution in [0, 0.1) is 0 Å². The van der Waals surface area contributed by atoms with Crippen LogP contribution in [0.2, 0.25) is 0 Å². The van der Waals surface area contributed by atoms with Crippen molar-refractivity contribution >= 4 is 39.9 Å². The fraction of sp³-hybridized carbons (Fsp3) is 0.606. The summed E-state index contributed by atoms with van der Waals surface area (Å²) < 4.78 is 36.5. The molecule has 300 valence electrons. The molecular formula is C33H50FN9O10S. The highest BCUT2D eigenvalue weighted by Crippen LogP contribution is 2.13. The minimum atomic E-state index is -4.75. The van der Waals surface area contributed by atoms with Gasteiger partial charge < -0.3 is 26.0 Å². The topological polar surface area (TPSA) is 248 Å². The summed E-state index contributed by atoms with van der Waals surface area (Å²) in [6.07, 6.45) is 4.16. The summed E-state index contributed by atoms with van der Waals surface area (Å²) in [5.74, 6) is -3.47. The van der Waals surface area contributed by atoms with Gasteiger partial charge in [0, 0.05) is 84.6 Å². The number of carbonyl (C=O) groups is 5. The van der Waals surface area contributed by atoms with Crippen LogP contribution in [0.5, 0.6) is 0 Å². The van der Waals surface area contributed by atoms with Crippen LogP contribution in [-0.2, 0) is 53.6 Å². The van der Waals surface area contributed by atoms with Gasteiger partial charge in [0.2, 0.25) is 11.8 Å². The monoisotopic (exact) mass is 783 g/mol. The minimum absolute atomic E-state index is 0.0218. The van der Waals surface area contributed by atoms with Crippen LogP contribution in [0.3, 0.4) is 0 Å². The highest BCUT2D eigenvalue weighted by molar-refractivity contribution is 7.86. The van der Waals surface area contributed by atoms with Crippen molar-refractivity contribution in [2.24, 2.45) is 0 Å². The summed E-state index contributed by atoms with van der Waals surface area (Å²) in [4.78, 5) is 65.9. The van der Waals surface area contributed by atoms with E-state index >= 15 is 0 Å². The molecule has 3 rings (SSSR count). The van der Waals surface area contributed by atoms with E-state index in [-0.39, 0.29) is 70.6 Å². The third-order valence-electron chi connectivity index (χ3n) is 8.62. The predicted octanol–water partition coefficient (Wildman–Crippen LogP) is -1.40. The van der Waals surface area contributed by atoms with Gasteiger partial charge in [-0.05, 0) is 43.4 Å². The number of nitrogens with zero attached hydrogens (tertiary/aromatic N) is 7. The van der Waals surface area contributed by atoms with Crippen LogP contribution in [0.15, 0.2) is 35.4 Å². The van der Waals surface area contributed by atoms with Crippen molar-refractivity contribution in [2.75, 3.05) is 91.6 Å². The van der Waals surface area contributed by atoms with Crippen LogP contribution in [0.1, 0.15) is 30.5 Å². The van der Waals surface area contributed by atoms with Crippen molar-refractivity contribution in [2.45, 2.75) is 43.5 Å². The molecule has 5 N–H and O–H groups in total. The number of carboxylic acids is 3. The number of amides is 2. The normalized spacial score (nSPS) is 15.9. The molecule has 2 amide bonds. The van der Waals surface area contributed by atoms with E-state index in [2.05, 4.69) is 20.9 Å². The Kier molecular flexibility index (Phi) is 18.3. The lowest BCUT2D eigenvalue weighted by Crippen LogP contribution is -2.49. The molecule has 1 fully saturated rings. The van der Waals surface area contributed by atoms with Gasteiger partial charge in [-0.15, -0.1) is 8.98 Å². The van der Waals surface area contributed by atoms with Gasteiger partial charge in [-0.25, -0.2) is 0 Å². The van der Waals surface area contributed by atoms with E-state index in [0.717, 1.165) is 5.56 Å². The number of nitrogens with one attached hydrogen (secondary N) is 2. The number of carbonyl (C=O) groups excluding carboxylic acids is 2. The molecule has 0 bridgehead atoms. The van der Waals surface area contributed by atoms with Gasteiger partial charge in [0.15, 0.2) is 0 Å². The largest absolute Gasteiger partial charge is 0.480 e. The average molecular weight is 784 g/mol. The maximum atomic E-state index is 13.0. The highest BCUT2D eigenvalue weighted by atomic mass is 32.3. The van der Waals surface area contributed by atoms with E-state index in [1.54, 1.807) is 25.6 Å². The van der Waals surface area contributed by atoms with Gasteiger partial charge in [0.1, 0.15) is 0 Å². The Morgan fingerprint density at radius 1 is 0.667 bits per heavy atom. The summed E-state index contributed by atoms with van der Waals surface area (Å²) in [7, 11) is -4.75. The lowest BCUT2D eigenvalue weighted by Gasteiger charge is -2.32. The van der Waals surface area contributed by atoms with Crippen molar-refractivity contribution in [3.8, 4) is 0 Å². The summed E-state index contributed by atoms with van der Waals surface area (Å²) in [5.41, 5.74) is 1.48. The first-order chi connectivity index (χ1) is 25.7. The Morgan fingerprint density at radius 2 is 1.15 bits per heavy atom. The molecule has 1 saturated heterocycles. The van der Waals surface area contributed by atoms with Gasteiger partial charge in [0.25, 0.3) is 0 Å². The van der Waals surface area contributed by atoms with Crippen molar-refractivity contribution in [3.05, 3.63) is 41.7 Å². The molecule has 1 aromatic carbocycles. The van der Waals surface area contributed by atoms with Gasteiger partial charge in [-0.2, -0.15) is 8.42 Å².